The van der Waals surface area contributed by atoms with Gasteiger partial charge in [-0.05, 0) is 105 Å². The van der Waals surface area contributed by atoms with Gasteiger partial charge in [0.25, 0.3) is 0 Å². The summed E-state index contributed by atoms with van der Waals surface area (Å²) in [4.78, 5) is 14.3. The van der Waals surface area contributed by atoms with Crippen LogP contribution in [0.25, 0.3) is 0 Å². The van der Waals surface area contributed by atoms with Crippen molar-refractivity contribution in [1.29, 1.82) is 0 Å². The Labute approximate surface area is 299 Å². The van der Waals surface area contributed by atoms with E-state index in [4.69, 9.17) is 35.2 Å². The van der Waals surface area contributed by atoms with Crippen molar-refractivity contribution in [3.05, 3.63) is 0 Å². The molecule has 0 bridgehead atoms. The number of hydrogen-bond donors (Lipinski definition) is 4. The zero-order valence-corrected chi connectivity index (χ0v) is 31.8. The van der Waals surface area contributed by atoms with E-state index in [-0.39, 0.29) is 46.4 Å². The third-order valence-corrected chi connectivity index (χ3v) is 15.8. The van der Waals surface area contributed by atoms with Crippen LogP contribution < -0.4 is 11.5 Å². The van der Waals surface area contributed by atoms with Gasteiger partial charge in [-0.1, -0.05) is 47.5 Å². The van der Waals surface area contributed by atoms with Gasteiger partial charge in [0.1, 0.15) is 0 Å². The summed E-state index contributed by atoms with van der Waals surface area (Å²) < 4.78 is 30.7. The molecule has 1 amide bonds. The Bertz CT molecular complexity index is 1260. The number of unbranched alkanes of at least 4 members (excludes halogenated alkanes) is 1. The number of amides is 1. The summed E-state index contributed by atoms with van der Waals surface area (Å²) in [5, 5.41) is 23.3. The zero-order chi connectivity index (χ0) is 36.0. The van der Waals surface area contributed by atoms with Crippen molar-refractivity contribution in [3.63, 3.8) is 0 Å². The molecule has 4 saturated carbocycles. The van der Waals surface area contributed by atoms with E-state index in [1.54, 1.807) is 13.8 Å². The molecule has 4 aliphatic carbocycles. The highest BCUT2D eigenvalue weighted by atomic mass is 16.7. The monoisotopic (exact) mass is 705 g/mol. The first-order valence-electron chi connectivity index (χ1n) is 19.9. The summed E-state index contributed by atoms with van der Waals surface area (Å²) in [6.45, 7) is 19.1. The highest BCUT2D eigenvalue weighted by molar-refractivity contribution is 5.65. The molecule has 1 spiro atoms. The molecule has 0 aromatic heterocycles. The number of fused-ring (bicyclic) bond motifs is 1. The molecular formula is C39H67N3O8. The van der Waals surface area contributed by atoms with Crippen molar-refractivity contribution >= 4 is 6.09 Å². The number of ether oxygens (including phenoxy) is 5. The van der Waals surface area contributed by atoms with E-state index in [1.165, 1.54) is 0 Å². The Balaban J connectivity index is 1.13. The van der Waals surface area contributed by atoms with Crippen LogP contribution in [0.4, 0.5) is 4.79 Å². The minimum absolute atomic E-state index is 0.0297. The van der Waals surface area contributed by atoms with E-state index < -0.39 is 41.6 Å². The molecule has 0 aromatic carbocycles. The van der Waals surface area contributed by atoms with Gasteiger partial charge in [0, 0.05) is 12.1 Å². The molecular weight excluding hydrogens is 638 g/mol. The largest absolute Gasteiger partial charge is 0.441 e. The number of aliphatic hydroxyl groups is 2. The number of morpholine rings is 1. The van der Waals surface area contributed by atoms with Crippen LogP contribution in [0, 0.1) is 45.8 Å². The average Bonchev–Trinajstić information content (AvgIpc) is 3.43. The molecule has 7 fully saturated rings. The van der Waals surface area contributed by atoms with Gasteiger partial charge in [0.2, 0.25) is 0 Å². The molecule has 3 saturated heterocycles. The molecule has 0 aromatic rings. The molecule has 0 radical (unpaired) electrons. The van der Waals surface area contributed by atoms with Crippen LogP contribution in [0.1, 0.15) is 106 Å². The van der Waals surface area contributed by atoms with Crippen molar-refractivity contribution in [2.75, 3.05) is 32.9 Å². The SMILES string of the molecule is CCCC[C@@]12[C@H](C)[C@@]13CC[C@H](O[C@H]1CN(C4COC4)CCO1)C(C)(C)[C@@H]3CC[C@H]2[C@@]1(N)C[C@@H]2[C@H](O[C@@H]([C@H](OC(N)=O)C(C)(C)O)C[C@H]2C)[C@@H]1O. The van der Waals surface area contributed by atoms with Crippen LogP contribution in [0.5, 0.6) is 0 Å². The summed E-state index contributed by atoms with van der Waals surface area (Å²) in [5.41, 5.74) is 11.1. The van der Waals surface area contributed by atoms with E-state index in [0.29, 0.717) is 37.3 Å². The maximum absolute atomic E-state index is 12.4. The lowest BCUT2D eigenvalue weighted by molar-refractivity contribution is -0.253. The van der Waals surface area contributed by atoms with E-state index in [9.17, 15) is 15.0 Å². The molecule has 3 heterocycles. The second-order valence-electron chi connectivity index (χ2n) is 18.8. The van der Waals surface area contributed by atoms with Crippen molar-refractivity contribution < 1.29 is 38.7 Å². The summed E-state index contributed by atoms with van der Waals surface area (Å²) in [7, 11) is 0. The van der Waals surface area contributed by atoms with Crippen molar-refractivity contribution in [1.82, 2.24) is 4.90 Å². The van der Waals surface area contributed by atoms with Crippen LogP contribution in [0.15, 0.2) is 0 Å². The molecule has 11 nitrogen and oxygen atoms in total. The van der Waals surface area contributed by atoms with Gasteiger partial charge in [-0.3, -0.25) is 4.90 Å². The summed E-state index contributed by atoms with van der Waals surface area (Å²) in [6.07, 6.45) is 4.95. The number of nitrogens with two attached hydrogens (primary N) is 2. The van der Waals surface area contributed by atoms with Crippen LogP contribution in [0.3, 0.4) is 0 Å². The van der Waals surface area contributed by atoms with E-state index >= 15 is 0 Å². The van der Waals surface area contributed by atoms with Crippen molar-refractivity contribution in [2.45, 2.75) is 160 Å². The smallest absolute Gasteiger partial charge is 0.404 e. The molecule has 7 aliphatic rings. The topological polar surface area (TPSA) is 159 Å². The van der Waals surface area contributed by atoms with E-state index in [1.807, 2.05) is 0 Å². The normalized spacial score (nSPS) is 48.1. The lowest BCUT2D eigenvalue weighted by atomic mass is 9.49. The second kappa shape index (κ2) is 13.1. The Hall–Kier alpha value is -1.05. The number of aliphatic hydroxyl groups excluding tert-OH is 1. The molecule has 11 heteroatoms. The fraction of sp³-hybridized carbons (Fsp3) is 0.974. The minimum Gasteiger partial charge on any atom is -0.441 e. The minimum atomic E-state index is -1.36. The molecule has 14 atom stereocenters. The standard InChI is InChI=1S/C39H67N3O8/c1-8-9-13-37-23(3)38(37)14-12-29(49-30-19-42(15-16-47-30)24-20-46-21-24)35(4,5)27(38)10-11-28(37)39(41)18-25-22(2)17-26(48-31(25)32(39)43)33(36(6,7)45)50-34(40)44/h22-33,43,45H,8-21,41H2,1-7H3,(H2,40,44)/t22-,23+,25+,26-,27+,28-,29+,30+,31+,32+,33+,37+,38-,39+/m1/s1. The third kappa shape index (κ3) is 5.61. The fourth-order valence-corrected chi connectivity index (χ4v) is 13.4. The first kappa shape index (κ1) is 37.3. The highest BCUT2D eigenvalue weighted by Crippen LogP contribution is 2.87. The number of primary amides is 1. The highest BCUT2D eigenvalue weighted by Gasteiger charge is 2.84. The quantitative estimate of drug-likeness (QED) is 0.260. The van der Waals surface area contributed by atoms with Gasteiger partial charge in [0.15, 0.2) is 12.4 Å². The van der Waals surface area contributed by atoms with Crippen LogP contribution in [-0.2, 0) is 23.7 Å². The molecule has 7 rings (SSSR count). The molecule has 286 valence electrons. The van der Waals surface area contributed by atoms with Crippen molar-refractivity contribution in [2.24, 2.45) is 57.3 Å². The Morgan fingerprint density at radius 2 is 1.86 bits per heavy atom. The zero-order valence-electron chi connectivity index (χ0n) is 31.8. The van der Waals surface area contributed by atoms with Gasteiger partial charge in [-0.2, -0.15) is 0 Å². The number of carbonyl (C=O) groups is 1. The summed E-state index contributed by atoms with van der Waals surface area (Å²) in [6, 6.07) is 0.485. The van der Waals surface area contributed by atoms with Crippen LogP contribution >= 0.6 is 0 Å². The van der Waals surface area contributed by atoms with Gasteiger partial charge in [-0.25, -0.2) is 4.79 Å². The summed E-state index contributed by atoms with van der Waals surface area (Å²) in [5.74, 6) is 1.41. The Kier molecular flexibility index (Phi) is 9.74. The second-order valence-corrected chi connectivity index (χ2v) is 18.8. The lowest BCUT2D eigenvalue weighted by Crippen LogP contribution is -2.63. The maximum atomic E-state index is 12.4. The molecule has 50 heavy (non-hydrogen) atoms. The molecule has 6 N–H and O–H groups in total. The van der Waals surface area contributed by atoms with Gasteiger partial charge >= 0.3 is 6.09 Å². The van der Waals surface area contributed by atoms with Gasteiger partial charge in [-0.15, -0.1) is 0 Å². The predicted octanol–water partition coefficient (Wildman–Crippen LogP) is 4.19. The maximum Gasteiger partial charge on any atom is 0.404 e. The molecule has 0 unspecified atom stereocenters. The Morgan fingerprint density at radius 3 is 2.50 bits per heavy atom. The van der Waals surface area contributed by atoms with Crippen LogP contribution in [-0.4, -0.2) is 108 Å². The number of hydrogen-bond acceptors (Lipinski definition) is 10. The number of rotatable bonds is 10. The molecule has 3 aliphatic heterocycles. The first-order valence-corrected chi connectivity index (χ1v) is 19.9. The van der Waals surface area contributed by atoms with Gasteiger partial charge in [0.05, 0.1) is 62.4 Å². The van der Waals surface area contributed by atoms with Crippen molar-refractivity contribution in [3.8, 4) is 0 Å². The first-order chi connectivity index (χ1) is 23.5. The third-order valence-electron chi connectivity index (χ3n) is 15.8. The predicted molar refractivity (Wildman–Crippen MR) is 188 cm³/mol. The van der Waals surface area contributed by atoms with Crippen LogP contribution in [0.2, 0.25) is 0 Å². The summed E-state index contributed by atoms with van der Waals surface area (Å²) >= 11 is 0. The average molecular weight is 706 g/mol. The Morgan fingerprint density at radius 1 is 1.14 bits per heavy atom. The van der Waals surface area contributed by atoms with E-state index in [0.717, 1.165) is 71.2 Å². The number of carbonyl (C=O) groups excluding carboxylic acids is 1. The number of nitrogens with zero attached hydrogens (tertiary/aromatic N) is 1. The van der Waals surface area contributed by atoms with Gasteiger partial charge < -0.3 is 45.4 Å². The lowest BCUT2D eigenvalue weighted by Gasteiger charge is -2.58. The van der Waals surface area contributed by atoms with E-state index in [2.05, 4.69) is 39.5 Å². The fourth-order valence-electron chi connectivity index (χ4n) is 13.4.